The predicted octanol–water partition coefficient (Wildman–Crippen LogP) is 3.60. The summed E-state index contributed by atoms with van der Waals surface area (Å²) >= 11 is 1.55. The van der Waals surface area contributed by atoms with Crippen molar-refractivity contribution in [1.29, 1.82) is 0 Å². The lowest BCUT2D eigenvalue weighted by molar-refractivity contribution is -0.123. The number of rotatable bonds is 6. The highest BCUT2D eigenvalue weighted by Gasteiger charge is 2.41. The maximum atomic E-state index is 13.6. The number of thioether (sulfide) groups is 1. The van der Waals surface area contributed by atoms with E-state index in [0.717, 1.165) is 16.8 Å². The van der Waals surface area contributed by atoms with Gasteiger partial charge in [0.05, 0.1) is 28.8 Å². The Hall–Kier alpha value is -2.72. The normalized spacial score (nSPS) is 17.7. The summed E-state index contributed by atoms with van der Waals surface area (Å²) in [6, 6.07) is 5.92. The Morgan fingerprint density at radius 3 is 2.58 bits per heavy atom. The maximum Gasteiger partial charge on any atom is 0.240 e. The van der Waals surface area contributed by atoms with E-state index < -0.39 is 5.54 Å². The third-order valence-corrected chi connectivity index (χ3v) is 7.32. The van der Waals surface area contributed by atoms with Crippen molar-refractivity contribution < 1.29 is 23.8 Å². The van der Waals surface area contributed by atoms with Gasteiger partial charge in [-0.05, 0) is 38.5 Å². The number of carbonyl (C=O) groups is 2. The van der Waals surface area contributed by atoms with Gasteiger partial charge in [0.25, 0.3) is 0 Å². The molecule has 2 aromatic rings. The zero-order valence-corrected chi connectivity index (χ0v) is 23.0. The van der Waals surface area contributed by atoms with E-state index in [1.807, 2.05) is 22.9 Å². The van der Waals surface area contributed by atoms with E-state index in [4.69, 9.17) is 19.3 Å². The largest absolute Gasteiger partial charge is 0.454 e. The molecule has 4 rings (SSSR count). The van der Waals surface area contributed by atoms with Crippen LogP contribution in [0, 0.1) is 0 Å². The van der Waals surface area contributed by atoms with Crippen LogP contribution in [-0.2, 0) is 25.3 Å². The summed E-state index contributed by atoms with van der Waals surface area (Å²) in [7, 11) is 1.58. The molecule has 1 N–H and O–H groups in total. The number of ether oxygens (including phenoxy) is 3. The summed E-state index contributed by atoms with van der Waals surface area (Å²) in [5.41, 5.74) is 2.14. The summed E-state index contributed by atoms with van der Waals surface area (Å²) in [4.78, 5) is 28.0. The molecule has 36 heavy (non-hydrogen) atoms. The van der Waals surface area contributed by atoms with Gasteiger partial charge in [0, 0.05) is 24.6 Å². The lowest BCUT2D eigenvalue weighted by Gasteiger charge is -2.29. The Labute approximate surface area is 216 Å². The van der Waals surface area contributed by atoms with Gasteiger partial charge in [-0.2, -0.15) is 5.10 Å². The molecule has 9 nitrogen and oxygen atoms in total. The molecule has 0 fully saturated rings. The summed E-state index contributed by atoms with van der Waals surface area (Å²) in [5, 5.41) is 7.76. The number of carbonyl (C=O) groups excluding carboxylic acids is 2. The Morgan fingerprint density at radius 2 is 1.92 bits per heavy atom. The van der Waals surface area contributed by atoms with Crippen molar-refractivity contribution >= 4 is 29.4 Å². The van der Waals surface area contributed by atoms with Crippen molar-refractivity contribution in [2.24, 2.45) is 0 Å². The second-order valence-corrected chi connectivity index (χ2v) is 12.1. The van der Waals surface area contributed by atoms with Crippen molar-refractivity contribution in [2.75, 3.05) is 44.3 Å². The highest BCUT2D eigenvalue weighted by Crippen LogP contribution is 2.50. The van der Waals surface area contributed by atoms with E-state index in [9.17, 15) is 9.59 Å². The molecule has 0 bridgehead atoms. The van der Waals surface area contributed by atoms with Crippen LogP contribution in [0.3, 0.4) is 0 Å². The first kappa shape index (κ1) is 26.3. The highest BCUT2D eigenvalue weighted by molar-refractivity contribution is 8.00. The van der Waals surface area contributed by atoms with Crippen LogP contribution in [0.5, 0.6) is 11.5 Å². The van der Waals surface area contributed by atoms with E-state index in [0.29, 0.717) is 30.5 Å². The molecular formula is C26H36N4O5S. The highest BCUT2D eigenvalue weighted by atomic mass is 32.2. The zero-order chi connectivity index (χ0) is 26.3. The van der Waals surface area contributed by atoms with E-state index in [1.54, 1.807) is 23.8 Å². The third-order valence-electron chi connectivity index (χ3n) is 6.06. The summed E-state index contributed by atoms with van der Waals surface area (Å²) < 4.78 is 18.1. The zero-order valence-electron chi connectivity index (χ0n) is 22.1. The number of amides is 2. The molecule has 2 amide bonds. The monoisotopic (exact) mass is 516 g/mol. The minimum atomic E-state index is -0.424. The third kappa shape index (κ3) is 5.20. The van der Waals surface area contributed by atoms with Crippen LogP contribution in [0.25, 0.3) is 0 Å². The minimum absolute atomic E-state index is 0.0880. The number of anilines is 1. The van der Waals surface area contributed by atoms with Gasteiger partial charge in [-0.3, -0.25) is 14.5 Å². The van der Waals surface area contributed by atoms with E-state index in [-0.39, 0.29) is 41.6 Å². The molecule has 1 aromatic carbocycles. The topological polar surface area (TPSA) is 94.9 Å². The van der Waals surface area contributed by atoms with Crippen molar-refractivity contribution in [1.82, 2.24) is 15.1 Å². The fourth-order valence-corrected chi connectivity index (χ4v) is 5.56. The fraction of sp³-hybridized carbons (Fsp3) is 0.577. The minimum Gasteiger partial charge on any atom is -0.454 e. The molecule has 2 aliphatic rings. The second kappa shape index (κ2) is 9.97. The molecule has 0 saturated heterocycles. The Morgan fingerprint density at radius 1 is 1.19 bits per heavy atom. The Kier molecular flexibility index (Phi) is 7.30. The lowest BCUT2D eigenvalue weighted by Crippen LogP contribution is -2.44. The average molecular weight is 517 g/mol. The van der Waals surface area contributed by atoms with Gasteiger partial charge in [0.15, 0.2) is 11.5 Å². The van der Waals surface area contributed by atoms with Gasteiger partial charge in [-0.1, -0.05) is 26.8 Å². The summed E-state index contributed by atoms with van der Waals surface area (Å²) in [6.45, 7) is 13.4. The SMILES string of the molecule is COCCNC(=O)CN1C(=O)CS[C@@H](c2ccc3c(c2)OCO3)c2c(C(C)(C)C)nn(C(C)(C)C)c21. The molecule has 1 aromatic heterocycles. The van der Waals surface area contributed by atoms with Crippen LogP contribution in [0.15, 0.2) is 18.2 Å². The van der Waals surface area contributed by atoms with Crippen molar-refractivity contribution in [3.05, 3.63) is 35.0 Å². The molecule has 3 heterocycles. The Bertz CT molecular complexity index is 1150. The number of nitrogens with zero attached hydrogens (tertiary/aromatic N) is 3. The first-order valence-electron chi connectivity index (χ1n) is 12.1. The average Bonchev–Trinajstić information content (AvgIpc) is 3.39. The van der Waals surface area contributed by atoms with Gasteiger partial charge in [-0.25, -0.2) is 4.68 Å². The van der Waals surface area contributed by atoms with Crippen molar-refractivity contribution in [2.45, 2.75) is 57.7 Å². The molecule has 2 aliphatic heterocycles. The van der Waals surface area contributed by atoms with Gasteiger partial charge < -0.3 is 19.5 Å². The number of fused-ring (bicyclic) bond motifs is 2. The van der Waals surface area contributed by atoms with Crippen LogP contribution < -0.4 is 19.7 Å². The first-order valence-corrected chi connectivity index (χ1v) is 13.2. The molecule has 1 atom stereocenters. The molecule has 0 spiro atoms. The second-order valence-electron chi connectivity index (χ2n) is 11.0. The summed E-state index contributed by atoms with van der Waals surface area (Å²) in [5.74, 6) is 1.94. The molecular weight excluding hydrogens is 480 g/mol. The maximum absolute atomic E-state index is 13.6. The van der Waals surface area contributed by atoms with Crippen LogP contribution >= 0.6 is 11.8 Å². The predicted molar refractivity (Wildman–Crippen MR) is 140 cm³/mol. The first-order chi connectivity index (χ1) is 16.9. The molecule has 196 valence electrons. The molecule has 0 radical (unpaired) electrons. The van der Waals surface area contributed by atoms with Crippen LogP contribution in [0.1, 0.15) is 63.6 Å². The van der Waals surface area contributed by atoms with E-state index in [2.05, 4.69) is 46.9 Å². The van der Waals surface area contributed by atoms with Crippen LogP contribution in [0.4, 0.5) is 5.82 Å². The number of benzene rings is 1. The quantitative estimate of drug-likeness (QED) is 0.586. The number of methoxy groups -OCH3 is 1. The number of nitrogens with one attached hydrogen (secondary N) is 1. The van der Waals surface area contributed by atoms with E-state index >= 15 is 0 Å². The molecule has 0 saturated carbocycles. The number of hydrogen-bond acceptors (Lipinski definition) is 7. The fourth-order valence-electron chi connectivity index (χ4n) is 4.37. The van der Waals surface area contributed by atoms with Crippen LogP contribution in [-0.4, -0.2) is 60.9 Å². The smallest absolute Gasteiger partial charge is 0.240 e. The number of aromatic nitrogens is 2. The summed E-state index contributed by atoms with van der Waals surface area (Å²) in [6.07, 6.45) is 0. The van der Waals surface area contributed by atoms with E-state index in [1.165, 1.54) is 0 Å². The molecule has 10 heteroatoms. The van der Waals surface area contributed by atoms with Gasteiger partial charge in [0.2, 0.25) is 18.6 Å². The van der Waals surface area contributed by atoms with Gasteiger partial charge in [0.1, 0.15) is 12.4 Å². The van der Waals surface area contributed by atoms with Gasteiger partial charge >= 0.3 is 0 Å². The van der Waals surface area contributed by atoms with Crippen molar-refractivity contribution in [3.63, 3.8) is 0 Å². The standard InChI is InChI=1S/C26H36N4O5S/c1-25(2,3)23-21-22(16-8-9-17-18(12-16)35-15-34-17)36-14-20(32)29(13-19(31)27-10-11-33-7)24(21)30(28-23)26(4,5)6/h8-9,12,22H,10-11,13-15H2,1-7H3,(H,27,31)/t22-/m0/s1. The Balaban J connectivity index is 1.89. The lowest BCUT2D eigenvalue weighted by atomic mass is 9.87. The molecule has 0 aliphatic carbocycles. The molecule has 0 unspecified atom stereocenters. The van der Waals surface area contributed by atoms with Gasteiger partial charge in [-0.15, -0.1) is 11.8 Å². The van der Waals surface area contributed by atoms with Crippen LogP contribution in [0.2, 0.25) is 0 Å². The van der Waals surface area contributed by atoms with Crippen molar-refractivity contribution in [3.8, 4) is 11.5 Å². The number of hydrogen-bond donors (Lipinski definition) is 1.